The Kier molecular flexibility index (Phi) is 4.71. The summed E-state index contributed by atoms with van der Waals surface area (Å²) < 4.78 is 6.26. The largest absolute Gasteiger partial charge is 0.489 e. The summed E-state index contributed by atoms with van der Waals surface area (Å²) in [7, 11) is -1.56. The third-order valence-corrected chi connectivity index (χ3v) is 7.12. The van der Waals surface area contributed by atoms with E-state index in [0.717, 1.165) is 65.7 Å². The van der Waals surface area contributed by atoms with Crippen LogP contribution in [0.25, 0.3) is 65.7 Å². The van der Waals surface area contributed by atoms with Gasteiger partial charge in [0.2, 0.25) is 0 Å². The third-order valence-electron chi connectivity index (χ3n) is 7.12. The lowest BCUT2D eigenvalue weighted by atomic mass is 9.72. The van der Waals surface area contributed by atoms with Crippen molar-refractivity contribution in [3.63, 3.8) is 0 Å². The van der Waals surface area contributed by atoms with Gasteiger partial charge in [-0.3, -0.25) is 0 Å². The zero-order chi connectivity index (χ0) is 24.2. The summed E-state index contributed by atoms with van der Waals surface area (Å²) in [5.41, 5.74) is 6.62. The molecular formula is C32H21BO3. The van der Waals surface area contributed by atoms with E-state index in [4.69, 9.17) is 4.42 Å². The van der Waals surface area contributed by atoms with E-state index in [1.54, 1.807) is 0 Å². The molecule has 7 aromatic rings. The van der Waals surface area contributed by atoms with Gasteiger partial charge < -0.3 is 14.5 Å². The number of para-hydroxylation sites is 2. The quantitative estimate of drug-likeness (QED) is 0.221. The summed E-state index contributed by atoms with van der Waals surface area (Å²) in [5.74, 6) is 0. The van der Waals surface area contributed by atoms with Gasteiger partial charge in [0.1, 0.15) is 11.2 Å². The Morgan fingerprint density at radius 2 is 1.00 bits per heavy atom. The van der Waals surface area contributed by atoms with E-state index < -0.39 is 7.12 Å². The van der Waals surface area contributed by atoms with Crippen LogP contribution in [0, 0.1) is 0 Å². The smallest absolute Gasteiger partial charge is 0.455 e. The molecule has 0 saturated carbocycles. The fraction of sp³-hybridized carbons (Fsp3) is 0. The van der Waals surface area contributed by atoms with Crippen LogP contribution in [0.15, 0.2) is 120 Å². The summed E-state index contributed by atoms with van der Waals surface area (Å²) in [6, 6.07) is 38.8. The molecule has 0 aliphatic heterocycles. The monoisotopic (exact) mass is 464 g/mol. The van der Waals surface area contributed by atoms with E-state index in [2.05, 4.69) is 48.5 Å². The van der Waals surface area contributed by atoms with Crippen molar-refractivity contribution < 1.29 is 14.5 Å². The van der Waals surface area contributed by atoms with Crippen molar-refractivity contribution in [1.29, 1.82) is 0 Å². The molecule has 2 N–H and O–H groups in total. The van der Waals surface area contributed by atoms with Crippen LogP contribution in [0.4, 0.5) is 0 Å². The van der Waals surface area contributed by atoms with Crippen LogP contribution < -0.4 is 5.46 Å². The van der Waals surface area contributed by atoms with Gasteiger partial charge in [-0.25, -0.2) is 0 Å². The first-order valence-corrected chi connectivity index (χ1v) is 12.0. The summed E-state index contributed by atoms with van der Waals surface area (Å²) in [5, 5.41) is 26.4. The lowest BCUT2D eigenvalue weighted by Gasteiger charge is -2.17. The van der Waals surface area contributed by atoms with Gasteiger partial charge in [0, 0.05) is 16.3 Å². The van der Waals surface area contributed by atoms with Crippen molar-refractivity contribution in [2.75, 3.05) is 0 Å². The van der Waals surface area contributed by atoms with Crippen LogP contribution in [0.2, 0.25) is 0 Å². The number of benzene rings is 6. The Bertz CT molecular complexity index is 1860. The van der Waals surface area contributed by atoms with Gasteiger partial charge in [-0.1, -0.05) is 109 Å². The zero-order valence-corrected chi connectivity index (χ0v) is 19.3. The Hall–Kier alpha value is -4.38. The van der Waals surface area contributed by atoms with Gasteiger partial charge in [-0.15, -0.1) is 0 Å². The number of furan rings is 1. The fourth-order valence-electron chi connectivity index (χ4n) is 5.54. The molecule has 170 valence electrons. The molecule has 0 amide bonds. The molecule has 1 heterocycles. The summed E-state index contributed by atoms with van der Waals surface area (Å²) in [6.45, 7) is 0. The lowest BCUT2D eigenvalue weighted by Crippen LogP contribution is -2.31. The molecule has 0 aliphatic rings. The van der Waals surface area contributed by atoms with Crippen LogP contribution in [0.1, 0.15) is 0 Å². The van der Waals surface area contributed by atoms with Gasteiger partial charge in [-0.2, -0.15) is 0 Å². The first-order valence-electron chi connectivity index (χ1n) is 12.0. The van der Waals surface area contributed by atoms with Crippen molar-refractivity contribution in [3.05, 3.63) is 115 Å². The molecule has 0 fully saturated rings. The molecule has 0 aliphatic carbocycles. The van der Waals surface area contributed by atoms with Crippen molar-refractivity contribution in [1.82, 2.24) is 0 Å². The first-order chi connectivity index (χ1) is 17.7. The Morgan fingerprint density at radius 3 is 1.64 bits per heavy atom. The minimum Gasteiger partial charge on any atom is -0.455 e. The van der Waals surface area contributed by atoms with E-state index in [9.17, 15) is 10.0 Å². The second-order valence-corrected chi connectivity index (χ2v) is 9.11. The van der Waals surface area contributed by atoms with Crippen LogP contribution in [0.5, 0.6) is 0 Å². The molecule has 3 nitrogen and oxygen atoms in total. The van der Waals surface area contributed by atoms with Crippen LogP contribution in [-0.4, -0.2) is 17.2 Å². The van der Waals surface area contributed by atoms with Gasteiger partial charge in [0.05, 0.1) is 0 Å². The van der Waals surface area contributed by atoms with Crippen molar-refractivity contribution in [2.45, 2.75) is 0 Å². The highest BCUT2D eigenvalue weighted by molar-refractivity contribution is 6.66. The van der Waals surface area contributed by atoms with E-state index >= 15 is 0 Å². The molecule has 7 rings (SSSR count). The first kappa shape index (κ1) is 21.0. The molecule has 0 unspecified atom stereocenters. The Morgan fingerprint density at radius 1 is 0.472 bits per heavy atom. The highest BCUT2D eigenvalue weighted by Gasteiger charge is 2.22. The molecule has 0 bridgehead atoms. The van der Waals surface area contributed by atoms with Gasteiger partial charge in [0.25, 0.3) is 0 Å². The van der Waals surface area contributed by atoms with Crippen molar-refractivity contribution in [2.24, 2.45) is 0 Å². The maximum absolute atomic E-state index is 10.2. The maximum atomic E-state index is 10.2. The van der Waals surface area contributed by atoms with Crippen LogP contribution in [0.3, 0.4) is 0 Å². The van der Waals surface area contributed by atoms with E-state index in [1.165, 1.54) is 0 Å². The topological polar surface area (TPSA) is 53.6 Å². The third kappa shape index (κ3) is 3.09. The molecule has 0 atom stereocenters. The highest BCUT2D eigenvalue weighted by Crippen LogP contribution is 2.39. The predicted molar refractivity (Wildman–Crippen MR) is 149 cm³/mol. The number of fused-ring (bicyclic) bond motifs is 5. The molecular weight excluding hydrogens is 443 g/mol. The van der Waals surface area contributed by atoms with E-state index in [1.807, 2.05) is 66.7 Å². The van der Waals surface area contributed by atoms with Crippen molar-refractivity contribution in [3.8, 4) is 22.3 Å². The van der Waals surface area contributed by atoms with Crippen molar-refractivity contribution >= 4 is 56.1 Å². The maximum Gasteiger partial charge on any atom is 0.489 e. The van der Waals surface area contributed by atoms with E-state index in [0.29, 0.717) is 5.46 Å². The number of hydrogen-bond acceptors (Lipinski definition) is 3. The zero-order valence-electron chi connectivity index (χ0n) is 19.3. The summed E-state index contributed by atoms with van der Waals surface area (Å²) in [6.07, 6.45) is 0. The molecule has 0 spiro atoms. The molecule has 4 heteroatoms. The van der Waals surface area contributed by atoms with Gasteiger partial charge in [0.15, 0.2) is 0 Å². The van der Waals surface area contributed by atoms with Gasteiger partial charge in [-0.05, 0) is 49.8 Å². The normalized spacial score (nSPS) is 11.6. The molecule has 1 aromatic heterocycles. The van der Waals surface area contributed by atoms with Crippen LogP contribution >= 0.6 is 0 Å². The average Bonchev–Trinajstić information content (AvgIpc) is 3.30. The molecule has 0 saturated heterocycles. The molecule has 0 radical (unpaired) electrons. The van der Waals surface area contributed by atoms with E-state index in [-0.39, 0.29) is 0 Å². The predicted octanol–water partition coefficient (Wildman–Crippen LogP) is 6.91. The fourth-order valence-corrected chi connectivity index (χ4v) is 5.54. The molecule has 6 aromatic carbocycles. The molecule has 36 heavy (non-hydrogen) atoms. The average molecular weight is 464 g/mol. The second-order valence-electron chi connectivity index (χ2n) is 9.11. The van der Waals surface area contributed by atoms with Crippen LogP contribution in [-0.2, 0) is 0 Å². The Balaban J connectivity index is 1.45. The number of hydrogen-bond donors (Lipinski definition) is 2. The second kappa shape index (κ2) is 8.09. The highest BCUT2D eigenvalue weighted by atomic mass is 16.4. The minimum atomic E-state index is -1.56. The Labute approximate surface area is 208 Å². The lowest BCUT2D eigenvalue weighted by molar-refractivity contribution is 0.426. The summed E-state index contributed by atoms with van der Waals surface area (Å²) >= 11 is 0. The standard InChI is InChI=1S/C32H21BO3/c34-33(35)31-26-11-3-1-9-24(26)30(25-10-2-4-12-27(25)31)21-18-16-20(17-19-21)22-13-7-14-28-23-8-5-6-15-29(23)36-32(22)28/h1-19,34-35H. The van der Waals surface area contributed by atoms with Gasteiger partial charge >= 0.3 is 7.12 Å². The minimum absolute atomic E-state index is 0.540. The summed E-state index contributed by atoms with van der Waals surface area (Å²) in [4.78, 5) is 0. The SMILES string of the molecule is OB(O)c1c2ccccc2c(-c2ccc(-c3cccc4c3oc3ccccc34)cc2)c2ccccc12. The number of rotatable bonds is 3.